The molecular weight excluding hydrogens is 240 g/mol. The van der Waals surface area contributed by atoms with Gasteiger partial charge >= 0.3 is 0 Å². The van der Waals surface area contributed by atoms with Crippen LogP contribution in [0.2, 0.25) is 0 Å². The molecule has 0 saturated carbocycles. The number of aromatic nitrogens is 4. The molecule has 0 aromatic carbocycles. The Labute approximate surface area is 113 Å². The van der Waals surface area contributed by atoms with Crippen LogP contribution in [0.15, 0.2) is 30.7 Å². The standard InChI is InChI=1S/C13H20N6/c1-10(2)8-19-13(16-9-17-19)7-12(18-14)11-5-3-4-6-15-11/h3-6,9-10,12,18H,7-8,14H2,1-2H3. The summed E-state index contributed by atoms with van der Waals surface area (Å²) in [6, 6.07) is 5.73. The predicted octanol–water partition coefficient (Wildman–Crippen LogP) is 1.08. The summed E-state index contributed by atoms with van der Waals surface area (Å²) in [6.07, 6.45) is 4.02. The minimum atomic E-state index is -0.0590. The van der Waals surface area contributed by atoms with Gasteiger partial charge in [-0.1, -0.05) is 19.9 Å². The quantitative estimate of drug-likeness (QED) is 0.600. The van der Waals surface area contributed by atoms with Gasteiger partial charge in [-0.15, -0.1) is 0 Å². The highest BCUT2D eigenvalue weighted by Crippen LogP contribution is 2.14. The smallest absolute Gasteiger partial charge is 0.138 e. The maximum atomic E-state index is 5.63. The number of hydrazine groups is 1. The molecule has 0 radical (unpaired) electrons. The van der Waals surface area contributed by atoms with Crippen molar-refractivity contribution in [1.29, 1.82) is 0 Å². The van der Waals surface area contributed by atoms with Crippen LogP contribution in [0.3, 0.4) is 0 Å². The molecule has 0 fully saturated rings. The second-order valence-electron chi connectivity index (χ2n) is 4.93. The lowest BCUT2D eigenvalue weighted by Gasteiger charge is -2.16. The number of nitrogens with two attached hydrogens (primary N) is 1. The molecule has 0 bridgehead atoms. The minimum absolute atomic E-state index is 0.0590. The fraction of sp³-hybridized carbons (Fsp3) is 0.462. The zero-order chi connectivity index (χ0) is 13.7. The van der Waals surface area contributed by atoms with Gasteiger partial charge in [-0.05, 0) is 18.1 Å². The third kappa shape index (κ3) is 3.59. The molecule has 0 aliphatic rings. The largest absolute Gasteiger partial charge is 0.271 e. The van der Waals surface area contributed by atoms with Crippen molar-refractivity contribution in [3.05, 3.63) is 42.2 Å². The third-order valence-electron chi connectivity index (χ3n) is 2.87. The maximum absolute atomic E-state index is 5.63. The van der Waals surface area contributed by atoms with E-state index in [0.29, 0.717) is 12.3 Å². The van der Waals surface area contributed by atoms with Gasteiger partial charge in [-0.3, -0.25) is 16.3 Å². The summed E-state index contributed by atoms with van der Waals surface area (Å²) in [5, 5.41) is 4.25. The van der Waals surface area contributed by atoms with Gasteiger partial charge < -0.3 is 0 Å². The van der Waals surface area contributed by atoms with Crippen molar-refractivity contribution in [3.63, 3.8) is 0 Å². The Bertz CT molecular complexity index is 493. The lowest BCUT2D eigenvalue weighted by molar-refractivity contribution is 0.444. The lowest BCUT2D eigenvalue weighted by Crippen LogP contribution is -2.31. The van der Waals surface area contributed by atoms with E-state index in [2.05, 4.69) is 34.3 Å². The van der Waals surface area contributed by atoms with Crippen LogP contribution in [0.5, 0.6) is 0 Å². The van der Waals surface area contributed by atoms with E-state index in [-0.39, 0.29) is 6.04 Å². The van der Waals surface area contributed by atoms with E-state index in [4.69, 9.17) is 5.84 Å². The van der Waals surface area contributed by atoms with Crippen LogP contribution < -0.4 is 11.3 Å². The van der Waals surface area contributed by atoms with Gasteiger partial charge in [0, 0.05) is 19.2 Å². The molecule has 0 saturated heterocycles. The first-order chi connectivity index (χ1) is 9.20. The van der Waals surface area contributed by atoms with Crippen molar-refractivity contribution in [2.45, 2.75) is 32.9 Å². The Balaban J connectivity index is 2.13. The fourth-order valence-electron chi connectivity index (χ4n) is 1.96. The molecule has 102 valence electrons. The van der Waals surface area contributed by atoms with E-state index in [9.17, 15) is 0 Å². The molecule has 2 aromatic heterocycles. The van der Waals surface area contributed by atoms with Crippen LogP contribution >= 0.6 is 0 Å². The summed E-state index contributed by atoms with van der Waals surface area (Å²) in [4.78, 5) is 8.63. The molecule has 19 heavy (non-hydrogen) atoms. The van der Waals surface area contributed by atoms with E-state index in [1.165, 1.54) is 0 Å². The van der Waals surface area contributed by atoms with E-state index >= 15 is 0 Å². The first-order valence-electron chi connectivity index (χ1n) is 6.44. The molecule has 0 amide bonds. The molecular formula is C13H20N6. The predicted molar refractivity (Wildman–Crippen MR) is 72.9 cm³/mol. The summed E-state index contributed by atoms with van der Waals surface area (Å²) in [5.41, 5.74) is 3.70. The third-order valence-corrected chi connectivity index (χ3v) is 2.87. The number of pyridine rings is 1. The number of rotatable bonds is 6. The van der Waals surface area contributed by atoms with Crippen LogP contribution in [-0.2, 0) is 13.0 Å². The molecule has 6 heteroatoms. The molecule has 1 atom stereocenters. The van der Waals surface area contributed by atoms with E-state index in [1.807, 2.05) is 22.9 Å². The molecule has 0 spiro atoms. The number of nitrogens with one attached hydrogen (secondary N) is 1. The Morgan fingerprint density at radius 2 is 2.16 bits per heavy atom. The zero-order valence-electron chi connectivity index (χ0n) is 11.3. The molecule has 2 rings (SSSR count). The van der Waals surface area contributed by atoms with Crippen LogP contribution in [0, 0.1) is 5.92 Å². The van der Waals surface area contributed by atoms with Gasteiger partial charge in [0.05, 0.1) is 11.7 Å². The Morgan fingerprint density at radius 1 is 1.32 bits per heavy atom. The normalized spacial score (nSPS) is 12.8. The minimum Gasteiger partial charge on any atom is -0.271 e. The van der Waals surface area contributed by atoms with Crippen molar-refractivity contribution in [1.82, 2.24) is 25.2 Å². The van der Waals surface area contributed by atoms with Gasteiger partial charge in [0.1, 0.15) is 12.2 Å². The molecule has 6 nitrogen and oxygen atoms in total. The summed E-state index contributed by atoms with van der Waals surface area (Å²) in [5.74, 6) is 7.07. The van der Waals surface area contributed by atoms with Gasteiger partial charge in [0.2, 0.25) is 0 Å². The second-order valence-corrected chi connectivity index (χ2v) is 4.93. The Morgan fingerprint density at radius 3 is 2.79 bits per heavy atom. The molecule has 0 aliphatic carbocycles. The van der Waals surface area contributed by atoms with E-state index in [1.54, 1.807) is 12.5 Å². The number of hydrogen-bond donors (Lipinski definition) is 2. The first kappa shape index (κ1) is 13.6. The Kier molecular flexibility index (Phi) is 4.59. The number of hydrogen-bond acceptors (Lipinski definition) is 5. The highest BCUT2D eigenvalue weighted by atomic mass is 15.3. The highest BCUT2D eigenvalue weighted by Gasteiger charge is 2.15. The molecule has 2 heterocycles. The zero-order valence-corrected chi connectivity index (χ0v) is 11.3. The molecule has 1 unspecified atom stereocenters. The molecule has 0 aliphatic heterocycles. The lowest BCUT2D eigenvalue weighted by atomic mass is 10.1. The van der Waals surface area contributed by atoms with Crippen molar-refractivity contribution in [2.24, 2.45) is 11.8 Å². The maximum Gasteiger partial charge on any atom is 0.138 e. The van der Waals surface area contributed by atoms with Crippen LogP contribution in [0.4, 0.5) is 0 Å². The van der Waals surface area contributed by atoms with Gasteiger partial charge in [0.25, 0.3) is 0 Å². The van der Waals surface area contributed by atoms with E-state index in [0.717, 1.165) is 18.1 Å². The van der Waals surface area contributed by atoms with Crippen molar-refractivity contribution >= 4 is 0 Å². The fourth-order valence-corrected chi connectivity index (χ4v) is 1.96. The van der Waals surface area contributed by atoms with Crippen LogP contribution in [0.25, 0.3) is 0 Å². The summed E-state index contributed by atoms with van der Waals surface area (Å²) in [6.45, 7) is 5.17. The second kappa shape index (κ2) is 6.40. The topological polar surface area (TPSA) is 81.7 Å². The highest BCUT2D eigenvalue weighted by molar-refractivity contribution is 5.10. The van der Waals surface area contributed by atoms with Crippen LogP contribution in [0.1, 0.15) is 31.4 Å². The average molecular weight is 260 g/mol. The van der Waals surface area contributed by atoms with Crippen LogP contribution in [-0.4, -0.2) is 19.7 Å². The average Bonchev–Trinajstić information content (AvgIpc) is 2.83. The Hall–Kier alpha value is -1.79. The first-order valence-corrected chi connectivity index (χ1v) is 6.44. The molecule has 2 aromatic rings. The SMILES string of the molecule is CC(C)Cn1ncnc1CC(NN)c1ccccn1. The molecule has 3 N–H and O–H groups in total. The van der Waals surface area contributed by atoms with Gasteiger partial charge in [-0.2, -0.15) is 5.10 Å². The van der Waals surface area contributed by atoms with Crippen molar-refractivity contribution < 1.29 is 0 Å². The number of nitrogens with zero attached hydrogens (tertiary/aromatic N) is 4. The summed E-state index contributed by atoms with van der Waals surface area (Å²) < 4.78 is 1.93. The van der Waals surface area contributed by atoms with Crippen molar-refractivity contribution in [3.8, 4) is 0 Å². The van der Waals surface area contributed by atoms with Gasteiger partial charge in [0.15, 0.2) is 0 Å². The van der Waals surface area contributed by atoms with E-state index < -0.39 is 0 Å². The summed E-state index contributed by atoms with van der Waals surface area (Å²) in [7, 11) is 0. The van der Waals surface area contributed by atoms with Crippen molar-refractivity contribution in [2.75, 3.05) is 0 Å². The monoisotopic (exact) mass is 260 g/mol. The van der Waals surface area contributed by atoms with Gasteiger partial charge in [-0.25, -0.2) is 9.67 Å². The summed E-state index contributed by atoms with van der Waals surface area (Å²) >= 11 is 0.